The highest BCUT2D eigenvalue weighted by molar-refractivity contribution is 5.84. The normalized spacial score (nSPS) is 22.0. The van der Waals surface area contributed by atoms with Crippen molar-refractivity contribution in [3.8, 4) is 0 Å². The van der Waals surface area contributed by atoms with Gasteiger partial charge in [-0.05, 0) is 13.3 Å². The van der Waals surface area contributed by atoms with E-state index in [1.807, 2.05) is 0 Å². The van der Waals surface area contributed by atoms with Gasteiger partial charge in [0.15, 0.2) is 6.10 Å². The molecule has 0 radical (unpaired) electrons. The van der Waals surface area contributed by atoms with Crippen molar-refractivity contribution in [2.45, 2.75) is 108 Å². The third-order valence-corrected chi connectivity index (χ3v) is 6.75. The van der Waals surface area contributed by atoms with Crippen LogP contribution in [0.1, 0.15) is 90.0 Å². The van der Waals surface area contributed by atoms with Gasteiger partial charge in [0.2, 0.25) is 0 Å². The molecule has 8 heteroatoms. The van der Waals surface area contributed by atoms with Crippen molar-refractivity contribution in [2.75, 3.05) is 7.11 Å². The lowest BCUT2D eigenvalue weighted by atomic mass is 9.91. The summed E-state index contributed by atoms with van der Waals surface area (Å²) in [5.74, 6) is -2.93. The minimum Gasteiger partial charge on any atom is -0.458 e. The van der Waals surface area contributed by atoms with E-state index < -0.39 is 41.8 Å². The van der Waals surface area contributed by atoms with E-state index in [2.05, 4.69) is 6.92 Å². The summed E-state index contributed by atoms with van der Waals surface area (Å²) in [4.78, 5) is 25.4. The van der Waals surface area contributed by atoms with Crippen LogP contribution in [-0.4, -0.2) is 37.4 Å². The SMILES string of the molecule is CCCCCCCCCCCCC1C(=O)O[C@@H](C)[C@@H]1OC(=O)[C@](OC)(c1ccccc1)C(F)(F)F. The van der Waals surface area contributed by atoms with Gasteiger partial charge in [-0.25, -0.2) is 4.79 Å². The molecule has 0 aromatic heterocycles. The number of hydrogen-bond donors (Lipinski definition) is 0. The first-order valence-corrected chi connectivity index (χ1v) is 12.8. The molecule has 2 rings (SSSR count). The largest absolute Gasteiger partial charge is 0.458 e. The third-order valence-electron chi connectivity index (χ3n) is 6.75. The summed E-state index contributed by atoms with van der Waals surface area (Å²) >= 11 is 0. The van der Waals surface area contributed by atoms with E-state index in [0.717, 1.165) is 26.4 Å². The molecule has 0 amide bonds. The topological polar surface area (TPSA) is 61.8 Å². The van der Waals surface area contributed by atoms with Crippen molar-refractivity contribution in [2.24, 2.45) is 5.92 Å². The molecule has 0 aliphatic carbocycles. The minimum atomic E-state index is -5.07. The van der Waals surface area contributed by atoms with Gasteiger partial charge >= 0.3 is 18.1 Å². The lowest BCUT2D eigenvalue weighted by Gasteiger charge is -2.34. The first-order chi connectivity index (χ1) is 16.7. The Morgan fingerprint density at radius 3 is 2.00 bits per heavy atom. The van der Waals surface area contributed by atoms with Crippen LogP contribution >= 0.6 is 0 Å². The Labute approximate surface area is 206 Å². The maximum absolute atomic E-state index is 14.2. The highest BCUT2D eigenvalue weighted by Crippen LogP contribution is 2.44. The van der Waals surface area contributed by atoms with E-state index in [1.165, 1.54) is 69.7 Å². The minimum absolute atomic E-state index is 0.385. The molecule has 1 saturated heterocycles. The molecule has 1 unspecified atom stereocenters. The van der Waals surface area contributed by atoms with Gasteiger partial charge in [-0.15, -0.1) is 0 Å². The summed E-state index contributed by atoms with van der Waals surface area (Å²) in [6.45, 7) is 3.72. The second-order valence-electron chi connectivity index (χ2n) is 9.34. The number of rotatable bonds is 15. The monoisotopic (exact) mass is 500 g/mol. The van der Waals surface area contributed by atoms with Crippen LogP contribution in [0, 0.1) is 5.92 Å². The molecule has 198 valence electrons. The first kappa shape index (κ1) is 29.1. The molecule has 1 heterocycles. The maximum atomic E-state index is 14.2. The van der Waals surface area contributed by atoms with Crippen LogP contribution in [0.2, 0.25) is 0 Å². The van der Waals surface area contributed by atoms with Gasteiger partial charge in [-0.1, -0.05) is 101 Å². The fourth-order valence-corrected chi connectivity index (χ4v) is 4.70. The van der Waals surface area contributed by atoms with Gasteiger partial charge in [0, 0.05) is 12.7 Å². The van der Waals surface area contributed by atoms with Gasteiger partial charge in [0.1, 0.15) is 6.10 Å². The predicted molar refractivity (Wildman–Crippen MR) is 127 cm³/mol. The number of cyclic esters (lactones) is 1. The number of carbonyl (C=O) groups is 2. The summed E-state index contributed by atoms with van der Waals surface area (Å²) in [5.41, 5.74) is -3.68. The van der Waals surface area contributed by atoms with Crippen LogP contribution in [0.5, 0.6) is 0 Å². The van der Waals surface area contributed by atoms with Crippen molar-refractivity contribution < 1.29 is 37.0 Å². The summed E-state index contributed by atoms with van der Waals surface area (Å²) in [6.07, 6.45) is 4.62. The molecule has 0 saturated carbocycles. The van der Waals surface area contributed by atoms with Crippen LogP contribution in [0.15, 0.2) is 30.3 Å². The van der Waals surface area contributed by atoms with E-state index in [9.17, 15) is 22.8 Å². The highest BCUT2D eigenvalue weighted by Gasteiger charge is 2.65. The average Bonchev–Trinajstić information content (AvgIpc) is 3.07. The van der Waals surface area contributed by atoms with E-state index in [1.54, 1.807) is 6.07 Å². The average molecular weight is 501 g/mol. The quantitative estimate of drug-likeness (QED) is 0.194. The highest BCUT2D eigenvalue weighted by atomic mass is 19.4. The smallest absolute Gasteiger partial charge is 0.432 e. The van der Waals surface area contributed by atoms with Crippen molar-refractivity contribution in [3.05, 3.63) is 35.9 Å². The Morgan fingerprint density at radius 2 is 1.49 bits per heavy atom. The van der Waals surface area contributed by atoms with Crippen LogP contribution in [-0.2, 0) is 29.4 Å². The van der Waals surface area contributed by atoms with E-state index in [4.69, 9.17) is 14.2 Å². The van der Waals surface area contributed by atoms with E-state index >= 15 is 0 Å². The Morgan fingerprint density at radius 1 is 0.943 bits per heavy atom. The van der Waals surface area contributed by atoms with Gasteiger partial charge in [-0.2, -0.15) is 13.2 Å². The number of carbonyl (C=O) groups excluding carboxylic acids is 2. The molecule has 4 atom stereocenters. The van der Waals surface area contributed by atoms with Crippen LogP contribution in [0.4, 0.5) is 13.2 Å². The molecule has 0 spiro atoms. The van der Waals surface area contributed by atoms with Crippen LogP contribution in [0.25, 0.3) is 0 Å². The van der Waals surface area contributed by atoms with Gasteiger partial charge < -0.3 is 14.2 Å². The fraction of sp³-hybridized carbons (Fsp3) is 0.704. The number of esters is 2. The van der Waals surface area contributed by atoms with Gasteiger partial charge in [0.25, 0.3) is 5.60 Å². The zero-order chi connectivity index (χ0) is 25.9. The Balaban J connectivity index is 1.97. The number of benzene rings is 1. The molecule has 1 aliphatic rings. The molecule has 0 bridgehead atoms. The van der Waals surface area contributed by atoms with Crippen molar-refractivity contribution >= 4 is 11.9 Å². The lowest BCUT2D eigenvalue weighted by Crippen LogP contribution is -2.53. The van der Waals surface area contributed by atoms with Crippen LogP contribution in [0.3, 0.4) is 0 Å². The zero-order valence-corrected chi connectivity index (χ0v) is 21.1. The Kier molecular flexibility index (Phi) is 11.5. The second-order valence-corrected chi connectivity index (χ2v) is 9.34. The molecule has 5 nitrogen and oxygen atoms in total. The van der Waals surface area contributed by atoms with E-state index in [0.29, 0.717) is 12.8 Å². The van der Waals surface area contributed by atoms with Crippen molar-refractivity contribution in [1.82, 2.24) is 0 Å². The number of ether oxygens (including phenoxy) is 3. The molecule has 35 heavy (non-hydrogen) atoms. The molecule has 1 aliphatic heterocycles. The number of methoxy groups -OCH3 is 1. The summed E-state index contributed by atoms with van der Waals surface area (Å²) in [7, 11) is 0.822. The van der Waals surface area contributed by atoms with Crippen molar-refractivity contribution in [1.29, 1.82) is 0 Å². The summed E-state index contributed by atoms with van der Waals surface area (Å²) in [6, 6.07) is 6.65. The molecule has 1 fully saturated rings. The second kappa shape index (κ2) is 13.9. The van der Waals surface area contributed by atoms with Crippen molar-refractivity contribution in [3.63, 3.8) is 0 Å². The molecular formula is C27H39F3O5. The van der Waals surface area contributed by atoms with E-state index in [-0.39, 0.29) is 5.56 Å². The maximum Gasteiger partial charge on any atom is 0.432 e. The fourth-order valence-electron chi connectivity index (χ4n) is 4.70. The Bertz CT molecular complexity index is 783. The molecular weight excluding hydrogens is 461 g/mol. The Hall–Kier alpha value is -2.09. The van der Waals surface area contributed by atoms with Gasteiger partial charge in [0.05, 0.1) is 5.92 Å². The molecule has 1 aromatic rings. The molecule has 0 N–H and O–H groups in total. The third kappa shape index (κ3) is 7.45. The summed E-state index contributed by atoms with van der Waals surface area (Å²) in [5, 5.41) is 0. The van der Waals surface area contributed by atoms with Crippen LogP contribution < -0.4 is 0 Å². The lowest BCUT2D eigenvalue weighted by molar-refractivity contribution is -0.279. The molecule has 1 aromatic carbocycles. The number of hydrogen-bond acceptors (Lipinski definition) is 5. The number of halogens is 3. The zero-order valence-electron chi connectivity index (χ0n) is 21.1. The standard InChI is InChI=1S/C27H39F3O5/c1-4-5-6-7-8-9-10-11-12-16-19-22-23(20(2)34-24(22)31)35-25(32)26(33-3,27(28,29)30)21-17-14-13-15-18-21/h13-15,17-18,20,22-23H,4-12,16,19H2,1-3H3/t20-,22?,23-,26+/m0/s1. The number of unbranched alkanes of at least 4 members (excludes halogenated alkanes) is 9. The summed E-state index contributed by atoms with van der Waals surface area (Å²) < 4.78 is 57.9. The first-order valence-electron chi connectivity index (χ1n) is 12.8. The predicted octanol–water partition coefficient (Wildman–Crippen LogP) is 6.87. The van der Waals surface area contributed by atoms with Gasteiger partial charge in [-0.3, -0.25) is 4.79 Å². The number of alkyl halides is 3.